The van der Waals surface area contributed by atoms with Crippen molar-refractivity contribution in [1.29, 1.82) is 0 Å². The Labute approximate surface area is 106 Å². The molecule has 0 aromatic carbocycles. The molecule has 1 saturated heterocycles. The van der Waals surface area contributed by atoms with Crippen molar-refractivity contribution in [3.63, 3.8) is 0 Å². The average Bonchev–Trinajstić information content (AvgIpc) is 2.96. The van der Waals surface area contributed by atoms with Gasteiger partial charge in [0, 0.05) is 19.1 Å². The van der Waals surface area contributed by atoms with Crippen molar-refractivity contribution in [2.45, 2.75) is 25.8 Å². The first-order chi connectivity index (χ1) is 8.16. The number of aryl methyl sites for hydroxylation is 1. The number of amides is 1. The molecule has 2 heterocycles. The molecule has 1 aliphatic heterocycles. The standard InChI is InChI=1S/C13H18N2OS/c1-8-4-5-17-12(8)13(16)15-6-9-2-3-11(14)10(9)7-15/h4-5,9-11H,2-3,6-7,14H2,1H3/t9-,10+,11+/m0/s1. The molecule has 1 aromatic rings. The van der Waals surface area contributed by atoms with Gasteiger partial charge in [0.15, 0.2) is 0 Å². The van der Waals surface area contributed by atoms with Crippen LogP contribution < -0.4 is 5.73 Å². The second kappa shape index (κ2) is 4.10. The van der Waals surface area contributed by atoms with Crippen LogP contribution in [0.4, 0.5) is 0 Å². The number of rotatable bonds is 1. The van der Waals surface area contributed by atoms with E-state index in [9.17, 15) is 4.79 Å². The van der Waals surface area contributed by atoms with Crippen LogP contribution in [0.5, 0.6) is 0 Å². The fourth-order valence-corrected chi connectivity index (χ4v) is 4.10. The highest BCUT2D eigenvalue weighted by atomic mass is 32.1. The predicted octanol–water partition coefficient (Wildman–Crippen LogP) is 1.87. The van der Waals surface area contributed by atoms with E-state index in [1.54, 1.807) is 11.3 Å². The van der Waals surface area contributed by atoms with Gasteiger partial charge in [-0.25, -0.2) is 0 Å². The molecule has 17 heavy (non-hydrogen) atoms. The summed E-state index contributed by atoms with van der Waals surface area (Å²) in [4.78, 5) is 15.3. The van der Waals surface area contributed by atoms with Crippen LogP contribution in [-0.4, -0.2) is 29.9 Å². The number of hydrogen-bond donors (Lipinski definition) is 1. The van der Waals surface area contributed by atoms with Crippen molar-refractivity contribution in [3.8, 4) is 0 Å². The SMILES string of the molecule is Cc1ccsc1C(=O)N1C[C@@H]2CC[C@@H](N)[C@@H]2C1. The second-order valence-electron chi connectivity index (χ2n) is 5.31. The minimum atomic E-state index is 0.208. The molecule has 4 heteroatoms. The number of nitrogens with zero attached hydrogens (tertiary/aromatic N) is 1. The minimum absolute atomic E-state index is 0.208. The minimum Gasteiger partial charge on any atom is -0.337 e. The van der Waals surface area contributed by atoms with E-state index in [0.29, 0.717) is 17.9 Å². The van der Waals surface area contributed by atoms with Crippen molar-refractivity contribution >= 4 is 17.2 Å². The summed E-state index contributed by atoms with van der Waals surface area (Å²) in [6.45, 7) is 3.78. The lowest BCUT2D eigenvalue weighted by atomic mass is 9.98. The van der Waals surface area contributed by atoms with Gasteiger partial charge in [0.1, 0.15) is 0 Å². The first-order valence-electron chi connectivity index (χ1n) is 6.26. The maximum Gasteiger partial charge on any atom is 0.264 e. The molecule has 92 valence electrons. The lowest BCUT2D eigenvalue weighted by Crippen LogP contribution is -2.33. The Balaban J connectivity index is 1.75. The molecule has 2 N–H and O–H groups in total. The van der Waals surface area contributed by atoms with E-state index in [2.05, 4.69) is 0 Å². The zero-order valence-electron chi connectivity index (χ0n) is 10.1. The smallest absolute Gasteiger partial charge is 0.264 e. The number of carbonyl (C=O) groups excluding carboxylic acids is 1. The van der Waals surface area contributed by atoms with Gasteiger partial charge in [-0.05, 0) is 48.6 Å². The number of hydrogen-bond acceptors (Lipinski definition) is 3. The number of nitrogens with two attached hydrogens (primary N) is 1. The Morgan fingerprint density at radius 1 is 1.47 bits per heavy atom. The monoisotopic (exact) mass is 250 g/mol. The summed E-state index contributed by atoms with van der Waals surface area (Å²) in [5.41, 5.74) is 7.19. The Morgan fingerprint density at radius 3 is 2.94 bits per heavy atom. The summed E-state index contributed by atoms with van der Waals surface area (Å²) in [6, 6.07) is 2.32. The van der Waals surface area contributed by atoms with E-state index in [1.807, 2.05) is 23.3 Å². The lowest BCUT2D eigenvalue weighted by molar-refractivity contribution is 0.0784. The van der Waals surface area contributed by atoms with Crippen molar-refractivity contribution in [2.24, 2.45) is 17.6 Å². The van der Waals surface area contributed by atoms with Crippen LogP contribution in [-0.2, 0) is 0 Å². The normalized spacial score (nSPS) is 31.9. The quantitative estimate of drug-likeness (QED) is 0.827. The van der Waals surface area contributed by atoms with Crippen LogP contribution >= 0.6 is 11.3 Å². The molecule has 2 fully saturated rings. The molecule has 2 aliphatic rings. The molecule has 1 aromatic heterocycles. The van der Waals surface area contributed by atoms with Crippen LogP contribution in [0.25, 0.3) is 0 Å². The van der Waals surface area contributed by atoms with Gasteiger partial charge in [0.2, 0.25) is 0 Å². The number of carbonyl (C=O) groups is 1. The van der Waals surface area contributed by atoms with E-state index in [-0.39, 0.29) is 5.91 Å². The van der Waals surface area contributed by atoms with Crippen LogP contribution in [0, 0.1) is 18.8 Å². The first kappa shape index (κ1) is 11.2. The molecule has 1 aliphatic carbocycles. The Morgan fingerprint density at radius 2 is 2.29 bits per heavy atom. The van der Waals surface area contributed by atoms with Crippen LogP contribution in [0.15, 0.2) is 11.4 Å². The van der Waals surface area contributed by atoms with Crippen molar-refractivity contribution in [3.05, 3.63) is 21.9 Å². The molecular weight excluding hydrogens is 232 g/mol. The molecule has 0 unspecified atom stereocenters. The van der Waals surface area contributed by atoms with Gasteiger partial charge >= 0.3 is 0 Å². The van der Waals surface area contributed by atoms with Gasteiger partial charge < -0.3 is 10.6 Å². The Kier molecular flexibility index (Phi) is 2.71. The summed E-state index contributed by atoms with van der Waals surface area (Å²) in [5.74, 6) is 1.40. The fourth-order valence-electron chi connectivity index (χ4n) is 3.21. The molecule has 0 bridgehead atoms. The molecule has 3 atom stereocenters. The summed E-state index contributed by atoms with van der Waals surface area (Å²) in [7, 11) is 0. The van der Waals surface area contributed by atoms with Gasteiger partial charge in [-0.15, -0.1) is 11.3 Å². The van der Waals surface area contributed by atoms with Gasteiger partial charge in [-0.2, -0.15) is 0 Å². The first-order valence-corrected chi connectivity index (χ1v) is 7.13. The third kappa shape index (κ3) is 1.79. The summed E-state index contributed by atoms with van der Waals surface area (Å²) in [5, 5.41) is 1.99. The van der Waals surface area contributed by atoms with Crippen molar-refractivity contribution in [1.82, 2.24) is 4.90 Å². The number of fused-ring (bicyclic) bond motifs is 1. The largest absolute Gasteiger partial charge is 0.337 e. The van der Waals surface area contributed by atoms with E-state index >= 15 is 0 Å². The van der Waals surface area contributed by atoms with Gasteiger partial charge in [-0.3, -0.25) is 4.79 Å². The molecule has 1 amide bonds. The average molecular weight is 250 g/mol. The highest BCUT2D eigenvalue weighted by Crippen LogP contribution is 2.38. The Bertz CT molecular complexity index is 442. The van der Waals surface area contributed by atoms with Gasteiger partial charge in [0.25, 0.3) is 5.91 Å². The van der Waals surface area contributed by atoms with Crippen LogP contribution in [0.2, 0.25) is 0 Å². The molecule has 0 spiro atoms. The summed E-state index contributed by atoms with van der Waals surface area (Å²) in [6.07, 6.45) is 2.33. The van der Waals surface area contributed by atoms with E-state index < -0.39 is 0 Å². The lowest BCUT2D eigenvalue weighted by Gasteiger charge is -2.18. The Hall–Kier alpha value is -0.870. The van der Waals surface area contributed by atoms with E-state index in [0.717, 1.165) is 30.0 Å². The summed E-state index contributed by atoms with van der Waals surface area (Å²) >= 11 is 1.55. The topological polar surface area (TPSA) is 46.3 Å². The van der Waals surface area contributed by atoms with Crippen LogP contribution in [0.1, 0.15) is 28.1 Å². The maximum atomic E-state index is 12.4. The summed E-state index contributed by atoms with van der Waals surface area (Å²) < 4.78 is 0. The van der Waals surface area contributed by atoms with Crippen molar-refractivity contribution in [2.75, 3.05) is 13.1 Å². The predicted molar refractivity (Wildman–Crippen MR) is 69.1 cm³/mol. The van der Waals surface area contributed by atoms with Gasteiger partial charge in [0.05, 0.1) is 4.88 Å². The molecule has 0 radical (unpaired) electrons. The number of thiophene rings is 1. The zero-order valence-corrected chi connectivity index (χ0v) is 10.9. The molecule has 3 rings (SSSR count). The van der Waals surface area contributed by atoms with E-state index in [4.69, 9.17) is 5.73 Å². The van der Waals surface area contributed by atoms with Crippen LogP contribution in [0.3, 0.4) is 0 Å². The second-order valence-corrected chi connectivity index (χ2v) is 6.22. The highest BCUT2D eigenvalue weighted by Gasteiger charge is 2.42. The third-order valence-electron chi connectivity index (χ3n) is 4.26. The third-order valence-corrected chi connectivity index (χ3v) is 5.26. The molecule has 1 saturated carbocycles. The molecular formula is C13H18N2OS. The van der Waals surface area contributed by atoms with E-state index in [1.165, 1.54) is 6.42 Å². The highest BCUT2D eigenvalue weighted by molar-refractivity contribution is 7.12. The molecule has 3 nitrogen and oxygen atoms in total. The number of likely N-dealkylation sites (tertiary alicyclic amines) is 1. The maximum absolute atomic E-state index is 12.4. The van der Waals surface area contributed by atoms with Crippen molar-refractivity contribution < 1.29 is 4.79 Å². The van der Waals surface area contributed by atoms with Gasteiger partial charge in [-0.1, -0.05) is 0 Å². The zero-order chi connectivity index (χ0) is 12.0. The fraction of sp³-hybridized carbons (Fsp3) is 0.615.